The van der Waals surface area contributed by atoms with Crippen LogP contribution < -0.4 is 37.2 Å². The van der Waals surface area contributed by atoms with Gasteiger partial charge in [0.05, 0.1) is 0 Å². The van der Waals surface area contributed by atoms with E-state index in [0.717, 1.165) is 49.3 Å². The molecule has 4 aromatic carbocycles. The van der Waals surface area contributed by atoms with Gasteiger partial charge in [-0.1, -0.05) is 0 Å². The van der Waals surface area contributed by atoms with E-state index in [9.17, 15) is 0 Å². The Hall–Kier alpha value is -2.35. The van der Waals surface area contributed by atoms with Gasteiger partial charge in [0.15, 0.2) is 0 Å². The van der Waals surface area contributed by atoms with Crippen LogP contribution in [0.4, 0.5) is 0 Å². The van der Waals surface area contributed by atoms with Crippen LogP contribution in [-0.2, 0) is 34.4 Å². The van der Waals surface area contributed by atoms with Gasteiger partial charge in [-0.15, -0.1) is 0 Å². The van der Waals surface area contributed by atoms with Crippen molar-refractivity contribution in [1.82, 2.24) is 0 Å². The first-order valence-electron chi connectivity index (χ1n) is 11.6. The molecule has 0 fully saturated rings. The molecule has 2 aliphatic carbocycles. The van der Waals surface area contributed by atoms with Gasteiger partial charge in [0.1, 0.15) is 0 Å². The van der Waals surface area contributed by atoms with Crippen LogP contribution in [0.3, 0.4) is 0 Å². The number of hydrogen-bond donors (Lipinski definition) is 0. The van der Waals surface area contributed by atoms with Gasteiger partial charge in [-0.2, -0.15) is 0 Å². The standard InChI is InChI=1S/C32H24O.3ClH.Zr/c33-32(30(23-13-3-1-4-14-23)24-15-5-2-6-16-24)31-27(22-11-7-8-12-22)19-20-28-26-18-10-9-17-25(26)21-29(28)31;;;;/h1-11,13-20,33H,12,21H2;3*1H;/q;;;;+4/p-4. The molecule has 0 radical (unpaired) electrons. The van der Waals surface area contributed by atoms with Crippen LogP contribution in [0.1, 0.15) is 39.8 Å². The molecule has 0 saturated carbocycles. The van der Waals surface area contributed by atoms with Gasteiger partial charge in [0.2, 0.25) is 0 Å². The number of allylic oxidation sites excluding steroid dienone is 4. The van der Waals surface area contributed by atoms with Gasteiger partial charge >= 0.3 is 218 Å². The number of fused-ring (bicyclic) bond motifs is 3. The Morgan fingerprint density at radius 3 is 1.84 bits per heavy atom. The second-order valence-electron chi connectivity index (χ2n) is 8.71. The normalized spacial score (nSPS) is 12.2. The number of halogens is 3. The summed E-state index contributed by atoms with van der Waals surface area (Å²) in [5.41, 5.74) is 12.8. The Kier molecular flexibility index (Phi) is 10.2. The summed E-state index contributed by atoms with van der Waals surface area (Å²) in [7, 11) is 0. The van der Waals surface area contributed by atoms with Crippen molar-refractivity contribution in [3.05, 3.63) is 149 Å². The molecule has 0 aromatic heterocycles. The predicted molar refractivity (Wildman–Crippen MR) is 136 cm³/mol. The summed E-state index contributed by atoms with van der Waals surface area (Å²) >= 11 is 1.03. The molecule has 0 bridgehead atoms. The first-order valence-corrected chi connectivity index (χ1v) is 12.6. The van der Waals surface area contributed by atoms with E-state index in [1.807, 2.05) is 0 Å². The molecule has 0 spiro atoms. The molecule has 0 amide bonds. The SMILES string of the molecule is [Cl-].[Cl-].[Cl-].[Zr+3][O]C(=C(c1ccccc1)c1ccccc1)c1c(C2=CC=CC2)ccc2c1Cc1ccccc1-2. The van der Waals surface area contributed by atoms with Crippen LogP contribution in [0.25, 0.3) is 28.0 Å². The minimum atomic E-state index is 0. The van der Waals surface area contributed by atoms with E-state index in [1.54, 1.807) is 0 Å². The van der Waals surface area contributed by atoms with Crippen molar-refractivity contribution in [3.63, 3.8) is 0 Å². The van der Waals surface area contributed by atoms with Gasteiger partial charge in [-0.3, -0.25) is 0 Å². The first-order chi connectivity index (χ1) is 16.8. The zero-order valence-electron chi connectivity index (χ0n) is 19.9. The summed E-state index contributed by atoms with van der Waals surface area (Å²) in [6, 6.07) is 34.7. The Morgan fingerprint density at radius 1 is 0.649 bits per heavy atom. The zero-order chi connectivity index (χ0) is 22.9. The van der Waals surface area contributed by atoms with Crippen molar-refractivity contribution in [2.45, 2.75) is 12.8 Å². The van der Waals surface area contributed by atoms with Crippen LogP contribution in [-0.4, -0.2) is 0 Å². The van der Waals surface area contributed by atoms with Gasteiger partial charge in [-0.05, 0) is 0 Å². The molecule has 0 atom stereocenters. The molecule has 1 nitrogen and oxygen atoms in total. The number of rotatable bonds is 5. The molecule has 2 aliphatic rings. The third-order valence-electron chi connectivity index (χ3n) is 6.79. The van der Waals surface area contributed by atoms with E-state index >= 15 is 0 Å². The van der Waals surface area contributed by atoms with Crippen molar-refractivity contribution < 1.29 is 65.2 Å². The Balaban J connectivity index is 0.00000127. The first kappa shape index (κ1) is 29.2. The molecule has 5 heteroatoms. The van der Waals surface area contributed by atoms with Crippen LogP contribution in [0.2, 0.25) is 0 Å². The summed E-state index contributed by atoms with van der Waals surface area (Å²) in [5.74, 6) is 0.975. The molecular formula is C32H23Cl3OZr. The second-order valence-corrected chi connectivity index (χ2v) is 9.21. The molecule has 0 N–H and O–H groups in total. The monoisotopic (exact) mass is 618 g/mol. The Bertz CT molecular complexity index is 1430. The molecule has 0 unspecified atom stereocenters. The zero-order valence-corrected chi connectivity index (χ0v) is 24.7. The van der Waals surface area contributed by atoms with E-state index in [4.69, 9.17) is 2.81 Å². The predicted octanol–water partition coefficient (Wildman–Crippen LogP) is -0.992. The van der Waals surface area contributed by atoms with Crippen molar-refractivity contribution >= 4 is 16.9 Å². The Morgan fingerprint density at radius 2 is 1.24 bits per heavy atom. The van der Waals surface area contributed by atoms with E-state index < -0.39 is 0 Å². The molecular weight excluding hydrogens is 598 g/mol. The molecule has 4 aromatic rings. The summed E-state index contributed by atoms with van der Waals surface area (Å²) in [4.78, 5) is 0. The van der Waals surface area contributed by atoms with Crippen LogP contribution >= 0.6 is 0 Å². The van der Waals surface area contributed by atoms with Gasteiger partial charge in [0.25, 0.3) is 0 Å². The van der Waals surface area contributed by atoms with Crippen molar-refractivity contribution in [3.8, 4) is 11.1 Å². The van der Waals surface area contributed by atoms with Crippen LogP contribution in [0, 0.1) is 0 Å². The number of hydrogen-bond acceptors (Lipinski definition) is 1. The van der Waals surface area contributed by atoms with E-state index in [-0.39, 0.29) is 37.2 Å². The Labute approximate surface area is 253 Å². The fourth-order valence-corrected chi connectivity index (χ4v) is 5.75. The van der Waals surface area contributed by atoms with Crippen LogP contribution in [0.15, 0.2) is 115 Å². The maximum atomic E-state index is 6.45. The van der Waals surface area contributed by atoms with E-state index in [0.29, 0.717) is 0 Å². The second kappa shape index (κ2) is 12.9. The maximum absolute atomic E-state index is 6.45. The molecule has 182 valence electrons. The fourth-order valence-electron chi connectivity index (χ4n) is 5.25. The van der Waals surface area contributed by atoms with Crippen LogP contribution in [0.5, 0.6) is 0 Å². The van der Waals surface area contributed by atoms with Gasteiger partial charge < -0.3 is 37.2 Å². The molecule has 0 saturated heterocycles. The van der Waals surface area contributed by atoms with Gasteiger partial charge in [-0.25, -0.2) is 0 Å². The molecule has 37 heavy (non-hydrogen) atoms. The quantitative estimate of drug-likeness (QED) is 0.181. The summed E-state index contributed by atoms with van der Waals surface area (Å²) in [6.45, 7) is 0. The number of benzene rings is 4. The summed E-state index contributed by atoms with van der Waals surface area (Å²) in [6.07, 6.45) is 8.53. The summed E-state index contributed by atoms with van der Waals surface area (Å²) in [5, 5.41) is 0. The molecule has 6 rings (SSSR count). The van der Waals surface area contributed by atoms with Gasteiger partial charge in [0, 0.05) is 0 Å². The third kappa shape index (κ3) is 5.45. The average Bonchev–Trinajstić information content (AvgIpc) is 3.56. The average molecular weight is 621 g/mol. The van der Waals surface area contributed by atoms with E-state index in [1.165, 1.54) is 50.1 Å². The fraction of sp³-hybridized carbons (Fsp3) is 0.0625. The summed E-state index contributed by atoms with van der Waals surface area (Å²) < 4.78 is 6.45. The minimum absolute atomic E-state index is 0. The third-order valence-corrected chi connectivity index (χ3v) is 7.29. The van der Waals surface area contributed by atoms with Crippen molar-refractivity contribution in [1.29, 1.82) is 0 Å². The van der Waals surface area contributed by atoms with E-state index in [2.05, 4.69) is 115 Å². The topological polar surface area (TPSA) is 9.23 Å². The van der Waals surface area contributed by atoms with Crippen molar-refractivity contribution in [2.24, 2.45) is 0 Å². The molecule has 0 heterocycles. The van der Waals surface area contributed by atoms with Crippen molar-refractivity contribution in [2.75, 3.05) is 0 Å². The molecule has 0 aliphatic heterocycles.